The molecule has 1 aromatic rings. The lowest BCUT2D eigenvalue weighted by Gasteiger charge is -2.41. The molecule has 0 bridgehead atoms. The molecule has 0 saturated heterocycles. The summed E-state index contributed by atoms with van der Waals surface area (Å²) in [5.74, 6) is 0. The van der Waals surface area contributed by atoms with Crippen molar-refractivity contribution in [1.82, 2.24) is 4.48 Å². The first-order chi connectivity index (χ1) is 7.09. The summed E-state index contributed by atoms with van der Waals surface area (Å²) in [7, 11) is 0. The minimum atomic E-state index is 0. The number of halogens is 1. The lowest BCUT2D eigenvalue weighted by Crippen LogP contribution is -3.00. The second-order valence-corrected chi connectivity index (χ2v) is 4.97. The van der Waals surface area contributed by atoms with Gasteiger partial charge in [0.15, 0.2) is 12.4 Å². The number of hydrogen-bond donors (Lipinski definition) is 1. The van der Waals surface area contributed by atoms with E-state index in [-0.39, 0.29) is 24.0 Å². The van der Waals surface area contributed by atoms with E-state index in [0.717, 1.165) is 11.2 Å². The van der Waals surface area contributed by atoms with Crippen molar-refractivity contribution in [3.63, 3.8) is 0 Å². The minimum Gasteiger partial charge on any atom is -1.00 e. The van der Waals surface area contributed by atoms with Crippen LogP contribution in [0.3, 0.4) is 0 Å². The molecule has 3 heteroatoms. The Morgan fingerprint density at radius 1 is 1.06 bits per heavy atom. The molecule has 1 aliphatic rings. The number of benzene rings is 1. The van der Waals surface area contributed by atoms with E-state index in [9.17, 15) is 0 Å². The summed E-state index contributed by atoms with van der Waals surface area (Å²) in [6.07, 6.45) is 0. The van der Waals surface area contributed by atoms with Gasteiger partial charge in [0.1, 0.15) is 5.69 Å². The highest BCUT2D eigenvalue weighted by Gasteiger charge is 2.43. The fourth-order valence-electron chi connectivity index (χ4n) is 2.81. The number of fused-ring (bicyclic) bond motifs is 1. The van der Waals surface area contributed by atoms with Gasteiger partial charge < -0.3 is 29.3 Å². The molecule has 1 N–H and O–H groups in total. The van der Waals surface area contributed by atoms with Crippen LogP contribution >= 0.6 is 0 Å². The third kappa shape index (κ3) is 1.84. The maximum atomic E-state index is 3.53. The van der Waals surface area contributed by atoms with Gasteiger partial charge in [-0.15, -0.1) is 0 Å². The third-order valence-corrected chi connectivity index (χ3v) is 3.73. The second kappa shape index (κ2) is 4.92. The van der Waals surface area contributed by atoms with Crippen LogP contribution in [0.25, 0.3) is 0 Å². The van der Waals surface area contributed by atoms with E-state index in [1.807, 2.05) is 0 Å². The summed E-state index contributed by atoms with van der Waals surface area (Å²) >= 11 is 0. The molecule has 1 aliphatic heterocycles. The van der Waals surface area contributed by atoms with Crippen LogP contribution < -0.4 is 33.8 Å². The van der Waals surface area contributed by atoms with Gasteiger partial charge in [-0.1, -0.05) is 12.1 Å². The van der Waals surface area contributed by atoms with E-state index in [4.69, 9.17) is 0 Å². The van der Waals surface area contributed by atoms with Crippen molar-refractivity contribution in [2.24, 2.45) is 0 Å². The van der Waals surface area contributed by atoms with E-state index in [2.05, 4.69) is 57.3 Å². The Morgan fingerprint density at radius 2 is 1.62 bits per heavy atom. The van der Waals surface area contributed by atoms with Crippen LogP contribution in [0.4, 0.5) is 11.4 Å². The average Bonchev–Trinajstić information content (AvgIpc) is 2.57. The largest absolute Gasteiger partial charge is 1.00 e. The summed E-state index contributed by atoms with van der Waals surface area (Å²) in [6, 6.07) is 9.91. The SMILES string of the molecule is CC(C)[N+]1(C(C)C)CNc2ccccc21.[I-]. The first-order valence-electron chi connectivity index (χ1n) is 5.80. The molecule has 0 saturated carbocycles. The molecular weight excluding hydrogens is 311 g/mol. The summed E-state index contributed by atoms with van der Waals surface area (Å²) < 4.78 is 1.05. The molecule has 0 fully saturated rings. The topological polar surface area (TPSA) is 12.0 Å². The Bertz CT molecular complexity index is 353. The maximum Gasteiger partial charge on any atom is 0.158 e. The van der Waals surface area contributed by atoms with Crippen molar-refractivity contribution < 1.29 is 24.0 Å². The van der Waals surface area contributed by atoms with Crippen LogP contribution in [0.5, 0.6) is 0 Å². The highest BCUT2D eigenvalue weighted by atomic mass is 127. The minimum absolute atomic E-state index is 0. The van der Waals surface area contributed by atoms with Gasteiger partial charge in [0, 0.05) is 6.07 Å². The van der Waals surface area contributed by atoms with Crippen molar-refractivity contribution in [1.29, 1.82) is 0 Å². The Hall–Kier alpha value is -0.290. The number of anilines is 1. The molecule has 0 aromatic heterocycles. The molecular formula is C13H21IN2. The zero-order valence-electron chi connectivity index (χ0n) is 10.5. The van der Waals surface area contributed by atoms with Crippen LogP contribution in [0.1, 0.15) is 27.7 Å². The summed E-state index contributed by atoms with van der Waals surface area (Å²) in [6.45, 7) is 10.3. The fourth-order valence-corrected chi connectivity index (χ4v) is 2.81. The Morgan fingerprint density at radius 3 is 2.19 bits per heavy atom. The molecule has 0 spiro atoms. The number of hydrogen-bond acceptors (Lipinski definition) is 1. The Balaban J connectivity index is 0.00000128. The van der Waals surface area contributed by atoms with Crippen molar-refractivity contribution in [2.75, 3.05) is 12.0 Å². The Labute approximate surface area is 116 Å². The highest BCUT2D eigenvalue weighted by Crippen LogP contribution is 2.40. The predicted octanol–water partition coefficient (Wildman–Crippen LogP) is 0.198. The van der Waals surface area contributed by atoms with Gasteiger partial charge in [0.05, 0.1) is 12.1 Å². The molecule has 90 valence electrons. The Kier molecular flexibility index (Phi) is 4.23. The van der Waals surface area contributed by atoms with Gasteiger partial charge >= 0.3 is 0 Å². The molecule has 0 unspecified atom stereocenters. The van der Waals surface area contributed by atoms with Crippen LogP contribution in [0.2, 0.25) is 0 Å². The van der Waals surface area contributed by atoms with E-state index >= 15 is 0 Å². The summed E-state index contributed by atoms with van der Waals surface area (Å²) in [5.41, 5.74) is 2.75. The van der Waals surface area contributed by atoms with Gasteiger partial charge in [0.25, 0.3) is 0 Å². The van der Waals surface area contributed by atoms with Crippen LogP contribution in [0, 0.1) is 0 Å². The zero-order valence-corrected chi connectivity index (χ0v) is 12.7. The van der Waals surface area contributed by atoms with Crippen molar-refractivity contribution in [2.45, 2.75) is 39.8 Å². The van der Waals surface area contributed by atoms with Gasteiger partial charge in [0.2, 0.25) is 0 Å². The quantitative estimate of drug-likeness (QED) is 0.603. The lowest BCUT2D eigenvalue weighted by molar-refractivity contribution is -0.00000348. The molecule has 2 rings (SSSR count). The summed E-state index contributed by atoms with van der Waals surface area (Å²) in [5, 5.41) is 3.53. The fraction of sp³-hybridized carbons (Fsp3) is 0.538. The number of nitrogens with one attached hydrogen (secondary N) is 1. The normalized spacial score (nSPS) is 16.9. The molecule has 0 radical (unpaired) electrons. The van der Waals surface area contributed by atoms with Gasteiger partial charge in [-0.25, -0.2) is 0 Å². The number of para-hydroxylation sites is 2. The average molecular weight is 332 g/mol. The van der Waals surface area contributed by atoms with Gasteiger partial charge in [-0.05, 0) is 33.8 Å². The molecule has 16 heavy (non-hydrogen) atoms. The first kappa shape index (κ1) is 13.8. The molecule has 0 aliphatic carbocycles. The lowest BCUT2D eigenvalue weighted by atomic mass is 10.1. The van der Waals surface area contributed by atoms with Crippen LogP contribution in [-0.2, 0) is 0 Å². The van der Waals surface area contributed by atoms with Gasteiger partial charge in [-0.3, -0.25) is 4.48 Å². The molecule has 1 aromatic carbocycles. The number of rotatable bonds is 2. The monoisotopic (exact) mass is 332 g/mol. The zero-order chi connectivity index (χ0) is 11.1. The smallest absolute Gasteiger partial charge is 0.158 e. The van der Waals surface area contributed by atoms with Crippen molar-refractivity contribution >= 4 is 11.4 Å². The van der Waals surface area contributed by atoms with Gasteiger partial charge in [-0.2, -0.15) is 0 Å². The maximum absolute atomic E-state index is 3.53. The van der Waals surface area contributed by atoms with E-state index in [1.165, 1.54) is 11.4 Å². The third-order valence-electron chi connectivity index (χ3n) is 3.73. The van der Waals surface area contributed by atoms with E-state index < -0.39 is 0 Å². The highest BCUT2D eigenvalue weighted by molar-refractivity contribution is 5.72. The van der Waals surface area contributed by atoms with E-state index in [1.54, 1.807) is 0 Å². The van der Waals surface area contributed by atoms with Crippen LogP contribution in [-0.4, -0.2) is 18.8 Å². The number of quaternary nitrogens is 1. The van der Waals surface area contributed by atoms with E-state index in [0.29, 0.717) is 12.1 Å². The van der Waals surface area contributed by atoms with Crippen molar-refractivity contribution in [3.8, 4) is 0 Å². The summed E-state index contributed by atoms with van der Waals surface area (Å²) in [4.78, 5) is 0. The first-order valence-corrected chi connectivity index (χ1v) is 5.80. The predicted molar refractivity (Wildman–Crippen MR) is 67.0 cm³/mol. The standard InChI is InChI=1S/C13H21N2.HI/c1-10(2)15(11(3)4)9-14-12-7-5-6-8-13(12)15;/h5-8,10-11,14H,9H2,1-4H3;1H/q+1;/p-1. The molecule has 2 nitrogen and oxygen atoms in total. The molecule has 0 amide bonds. The molecule has 0 atom stereocenters. The van der Waals surface area contributed by atoms with Crippen LogP contribution in [0.15, 0.2) is 24.3 Å². The van der Waals surface area contributed by atoms with Crippen molar-refractivity contribution in [3.05, 3.63) is 24.3 Å². The number of nitrogens with zero attached hydrogens (tertiary/aromatic N) is 1. The molecule has 1 heterocycles. The second-order valence-electron chi connectivity index (χ2n) is 4.97.